The molecular weight excluding hydrogens is 544 g/mol. The molecule has 0 saturated carbocycles. The number of piperidine rings is 2. The number of carbonyl (C=O) groups excluding carboxylic acids is 1. The summed E-state index contributed by atoms with van der Waals surface area (Å²) in [6.45, 7) is 6.46. The van der Waals surface area contributed by atoms with Gasteiger partial charge in [-0.1, -0.05) is 54.1 Å². The first-order valence-electron chi connectivity index (χ1n) is 15.5. The summed E-state index contributed by atoms with van der Waals surface area (Å²) in [5, 5.41) is 0.322. The Bertz CT molecular complexity index is 1580. The molecule has 3 aliphatic heterocycles. The van der Waals surface area contributed by atoms with Crippen LogP contribution < -0.4 is 0 Å². The maximum atomic E-state index is 13.4. The number of likely N-dealkylation sites (tertiary alicyclic amines) is 1. The average molecular weight is 583 g/mol. The highest BCUT2D eigenvalue weighted by Crippen LogP contribution is 2.45. The lowest BCUT2D eigenvalue weighted by molar-refractivity contribution is 0.0602. The minimum Gasteiger partial charge on any atom is -0.337 e. The largest absolute Gasteiger partial charge is 0.337 e. The van der Waals surface area contributed by atoms with Gasteiger partial charge in [-0.15, -0.1) is 0 Å². The van der Waals surface area contributed by atoms with Crippen molar-refractivity contribution in [3.8, 4) is 0 Å². The third-order valence-corrected chi connectivity index (χ3v) is 10.6. The highest BCUT2D eigenvalue weighted by atomic mass is 35.5. The number of hydrogen-bond donors (Lipinski definition) is 0. The Balaban J connectivity index is 1.07. The number of fused-ring (bicyclic) bond motifs is 3. The number of benzene rings is 2. The Hall–Kier alpha value is -3.29. The number of nitrogens with zero attached hydrogens (tertiary/aromatic N) is 6. The molecule has 5 heterocycles. The molecule has 4 aromatic rings. The van der Waals surface area contributed by atoms with E-state index in [0.29, 0.717) is 47.8 Å². The van der Waals surface area contributed by atoms with Gasteiger partial charge in [-0.2, -0.15) is 0 Å². The van der Waals surface area contributed by atoms with Gasteiger partial charge in [0.25, 0.3) is 5.91 Å². The molecule has 7 rings (SSSR count). The number of aromatic nitrogens is 4. The van der Waals surface area contributed by atoms with E-state index in [1.807, 2.05) is 4.90 Å². The molecular formula is C34H39ClN6O. The molecule has 0 spiro atoms. The lowest BCUT2D eigenvalue weighted by atomic mass is 9.70. The number of imidazole rings is 1. The van der Waals surface area contributed by atoms with E-state index in [9.17, 15) is 4.79 Å². The third-order valence-electron chi connectivity index (χ3n) is 10.3. The lowest BCUT2D eigenvalue weighted by Crippen LogP contribution is -2.49. The van der Waals surface area contributed by atoms with Gasteiger partial charge < -0.3 is 9.47 Å². The molecule has 0 aliphatic carbocycles. The van der Waals surface area contributed by atoms with Crippen molar-refractivity contribution in [2.75, 3.05) is 19.6 Å². The molecule has 0 N–H and O–H groups in total. The van der Waals surface area contributed by atoms with E-state index in [2.05, 4.69) is 81.0 Å². The van der Waals surface area contributed by atoms with Crippen LogP contribution in [0.3, 0.4) is 0 Å². The zero-order chi connectivity index (χ0) is 28.8. The highest BCUT2D eigenvalue weighted by Gasteiger charge is 2.44. The Labute approximate surface area is 252 Å². The second-order valence-electron chi connectivity index (χ2n) is 12.6. The second kappa shape index (κ2) is 11.1. The fraction of sp³-hybridized carbons (Fsp3) is 0.471. The van der Waals surface area contributed by atoms with E-state index in [1.165, 1.54) is 43.0 Å². The molecule has 218 valence electrons. The number of halogens is 1. The monoisotopic (exact) mass is 582 g/mol. The molecule has 7 nitrogen and oxygen atoms in total. The van der Waals surface area contributed by atoms with Crippen LogP contribution in [0.15, 0.2) is 60.8 Å². The quantitative estimate of drug-likeness (QED) is 0.259. The average Bonchev–Trinajstić information content (AvgIpc) is 3.48. The van der Waals surface area contributed by atoms with E-state index >= 15 is 0 Å². The Morgan fingerprint density at radius 1 is 0.929 bits per heavy atom. The van der Waals surface area contributed by atoms with E-state index in [0.717, 1.165) is 37.1 Å². The molecule has 0 radical (unpaired) electrons. The summed E-state index contributed by atoms with van der Waals surface area (Å²) < 4.78 is 2.52. The van der Waals surface area contributed by atoms with Crippen molar-refractivity contribution in [2.24, 2.45) is 0 Å². The fourth-order valence-corrected chi connectivity index (χ4v) is 8.33. The van der Waals surface area contributed by atoms with Gasteiger partial charge in [0, 0.05) is 31.2 Å². The first-order valence-corrected chi connectivity index (χ1v) is 15.8. The molecule has 1 amide bonds. The lowest BCUT2D eigenvalue weighted by Gasteiger charge is -2.45. The van der Waals surface area contributed by atoms with Gasteiger partial charge in [0.1, 0.15) is 11.6 Å². The van der Waals surface area contributed by atoms with E-state index in [1.54, 1.807) is 6.92 Å². The zero-order valence-corrected chi connectivity index (χ0v) is 25.3. The van der Waals surface area contributed by atoms with E-state index < -0.39 is 0 Å². The maximum Gasteiger partial charge on any atom is 0.274 e. The zero-order valence-electron chi connectivity index (χ0n) is 24.5. The highest BCUT2D eigenvalue weighted by molar-refractivity contribution is 6.33. The van der Waals surface area contributed by atoms with Gasteiger partial charge in [0.2, 0.25) is 0 Å². The topological polar surface area (TPSA) is 67.2 Å². The van der Waals surface area contributed by atoms with Gasteiger partial charge in [-0.25, -0.2) is 15.0 Å². The van der Waals surface area contributed by atoms with Crippen molar-refractivity contribution in [2.45, 2.75) is 82.3 Å². The molecule has 2 bridgehead atoms. The van der Waals surface area contributed by atoms with Crippen molar-refractivity contribution in [3.63, 3.8) is 0 Å². The fourth-order valence-electron chi connectivity index (χ4n) is 8.16. The third kappa shape index (κ3) is 4.90. The molecule has 1 unspecified atom stereocenters. The molecule has 3 fully saturated rings. The standard InChI is InChI=1S/C34H39ClN6O/c1-23-36-22-29(35)32(37-23)33(42)39-17-14-34(15-18-39,25-8-4-3-5-9-25)16-19-40-26-12-13-27(40)21-28(20-26)41-24(2)38-30-10-6-7-11-31(30)41/h3-11,22,26-28H,12-21H2,1-2H3/t26-,27+,28?. The van der Waals surface area contributed by atoms with Crippen LogP contribution in [0.1, 0.15) is 78.7 Å². The number of carbonyl (C=O) groups is 1. The Kier molecular flexibility index (Phi) is 7.27. The van der Waals surface area contributed by atoms with Crippen LogP contribution in [0.25, 0.3) is 11.0 Å². The van der Waals surface area contributed by atoms with Gasteiger partial charge in [0.15, 0.2) is 5.69 Å². The number of para-hydroxylation sites is 2. The van der Waals surface area contributed by atoms with E-state index in [4.69, 9.17) is 16.6 Å². The maximum absolute atomic E-state index is 13.4. The predicted octanol–water partition coefficient (Wildman–Crippen LogP) is 6.53. The second-order valence-corrected chi connectivity index (χ2v) is 13.0. The van der Waals surface area contributed by atoms with Crippen molar-refractivity contribution < 1.29 is 4.79 Å². The molecule has 42 heavy (non-hydrogen) atoms. The number of amides is 1. The van der Waals surface area contributed by atoms with Gasteiger partial charge in [0.05, 0.1) is 22.3 Å². The van der Waals surface area contributed by atoms with Crippen molar-refractivity contribution in [3.05, 3.63) is 88.7 Å². The van der Waals surface area contributed by atoms with Gasteiger partial charge in [-0.3, -0.25) is 9.69 Å². The molecule has 2 aromatic heterocycles. The summed E-state index contributed by atoms with van der Waals surface area (Å²) in [7, 11) is 0. The predicted molar refractivity (Wildman–Crippen MR) is 166 cm³/mol. The summed E-state index contributed by atoms with van der Waals surface area (Å²) in [6, 6.07) is 21.3. The summed E-state index contributed by atoms with van der Waals surface area (Å²) in [6.07, 6.45) is 9.47. The minimum atomic E-state index is -0.0883. The molecule has 3 saturated heterocycles. The Morgan fingerprint density at radius 2 is 1.62 bits per heavy atom. The van der Waals surface area contributed by atoms with Crippen LogP contribution in [0.4, 0.5) is 0 Å². The van der Waals surface area contributed by atoms with Crippen molar-refractivity contribution in [1.82, 2.24) is 29.3 Å². The van der Waals surface area contributed by atoms with Crippen molar-refractivity contribution >= 4 is 28.5 Å². The van der Waals surface area contributed by atoms with E-state index in [-0.39, 0.29) is 11.3 Å². The van der Waals surface area contributed by atoms with Crippen molar-refractivity contribution in [1.29, 1.82) is 0 Å². The SMILES string of the molecule is Cc1ncc(Cl)c(C(=O)N2CCC(CCN3[C@@H]4CC[C@H]3CC(n3c(C)nc5ccccc53)C4)(c3ccccc3)CC2)n1. The number of aryl methyl sites for hydroxylation is 2. The van der Waals surface area contributed by atoms with Crippen LogP contribution in [-0.4, -0.2) is 66.9 Å². The molecule has 3 aliphatic rings. The first kappa shape index (κ1) is 27.5. The molecule has 8 heteroatoms. The molecule has 2 aromatic carbocycles. The number of rotatable bonds is 6. The summed E-state index contributed by atoms with van der Waals surface area (Å²) >= 11 is 6.33. The number of hydrogen-bond acceptors (Lipinski definition) is 5. The Morgan fingerprint density at radius 3 is 2.36 bits per heavy atom. The molecule has 3 atom stereocenters. The van der Waals surface area contributed by atoms with Crippen LogP contribution in [0.2, 0.25) is 5.02 Å². The van der Waals surface area contributed by atoms with Crippen LogP contribution in [0.5, 0.6) is 0 Å². The van der Waals surface area contributed by atoms with Crippen LogP contribution in [0, 0.1) is 13.8 Å². The summed E-state index contributed by atoms with van der Waals surface area (Å²) in [4.78, 5) is 31.5. The van der Waals surface area contributed by atoms with Gasteiger partial charge >= 0.3 is 0 Å². The minimum absolute atomic E-state index is 0.0524. The summed E-state index contributed by atoms with van der Waals surface area (Å²) in [5.74, 6) is 1.61. The first-order chi connectivity index (χ1) is 20.4. The van der Waals surface area contributed by atoms with Gasteiger partial charge in [-0.05, 0) is 88.4 Å². The summed E-state index contributed by atoms with van der Waals surface area (Å²) in [5.41, 5.74) is 4.15. The normalized spacial score (nSPS) is 23.9. The van der Waals surface area contributed by atoms with Crippen LogP contribution in [-0.2, 0) is 5.41 Å². The smallest absolute Gasteiger partial charge is 0.274 e. The van der Waals surface area contributed by atoms with Crippen LogP contribution >= 0.6 is 11.6 Å².